The number of rotatable bonds is 4. The van der Waals surface area contributed by atoms with Crippen LogP contribution in [0.15, 0.2) is 29.6 Å². The van der Waals surface area contributed by atoms with E-state index in [0.717, 1.165) is 0 Å². The lowest BCUT2D eigenvalue weighted by atomic mass is 10.2. The molecule has 2 aromatic rings. The largest absolute Gasteiger partial charge is 0.431 e. The van der Waals surface area contributed by atoms with Crippen LogP contribution in [-0.2, 0) is 0 Å². The van der Waals surface area contributed by atoms with E-state index in [4.69, 9.17) is 22.1 Å². The molecule has 0 saturated heterocycles. The molecule has 6 nitrogen and oxygen atoms in total. The van der Waals surface area contributed by atoms with Gasteiger partial charge in [-0.25, -0.2) is 9.78 Å². The SMILES string of the molecule is CC(c1csc(Oc2ccc(Cl)cc2)n1)N(O)C(N)=O. The van der Waals surface area contributed by atoms with Gasteiger partial charge < -0.3 is 10.5 Å². The Morgan fingerprint density at radius 3 is 2.75 bits per heavy atom. The number of nitrogens with zero attached hydrogens (tertiary/aromatic N) is 2. The molecule has 1 heterocycles. The summed E-state index contributed by atoms with van der Waals surface area (Å²) in [6, 6.07) is 5.26. The summed E-state index contributed by atoms with van der Waals surface area (Å²) in [5, 5.41) is 12.6. The minimum atomic E-state index is -0.939. The van der Waals surface area contributed by atoms with Crippen LogP contribution in [0.25, 0.3) is 0 Å². The number of aromatic nitrogens is 1. The number of thiazole rings is 1. The number of carbonyl (C=O) groups is 1. The van der Waals surface area contributed by atoms with Crippen molar-refractivity contribution >= 4 is 29.0 Å². The predicted octanol–water partition coefficient (Wildman–Crippen LogP) is 3.42. The first-order valence-electron chi connectivity index (χ1n) is 5.63. The Hall–Kier alpha value is -1.83. The average Bonchev–Trinajstić information content (AvgIpc) is 2.88. The van der Waals surface area contributed by atoms with Crippen molar-refractivity contribution in [1.29, 1.82) is 0 Å². The third-order valence-corrected chi connectivity index (χ3v) is 3.53. The molecular weight excluding hydrogens is 302 g/mol. The summed E-state index contributed by atoms with van der Waals surface area (Å²) in [4.78, 5) is 15.1. The van der Waals surface area contributed by atoms with Crippen molar-refractivity contribution in [1.82, 2.24) is 10.0 Å². The molecule has 1 unspecified atom stereocenters. The summed E-state index contributed by atoms with van der Waals surface area (Å²) >= 11 is 7.03. The van der Waals surface area contributed by atoms with E-state index < -0.39 is 12.1 Å². The van der Waals surface area contributed by atoms with Gasteiger partial charge in [0, 0.05) is 10.4 Å². The Morgan fingerprint density at radius 1 is 1.50 bits per heavy atom. The van der Waals surface area contributed by atoms with E-state index in [1.165, 1.54) is 11.3 Å². The average molecular weight is 314 g/mol. The first kappa shape index (κ1) is 14.6. The van der Waals surface area contributed by atoms with E-state index in [1.807, 2.05) is 0 Å². The highest BCUT2D eigenvalue weighted by molar-refractivity contribution is 7.11. The number of nitrogens with two attached hydrogens (primary N) is 1. The lowest BCUT2D eigenvalue weighted by Crippen LogP contribution is -2.34. The second-order valence-corrected chi connectivity index (χ2v) is 5.21. The minimum absolute atomic E-state index is 0.395. The van der Waals surface area contributed by atoms with Gasteiger partial charge in [0.1, 0.15) is 11.8 Å². The van der Waals surface area contributed by atoms with E-state index in [9.17, 15) is 10.0 Å². The number of amides is 2. The third kappa shape index (κ3) is 3.38. The lowest BCUT2D eigenvalue weighted by Gasteiger charge is -2.18. The molecule has 0 saturated carbocycles. The number of carbonyl (C=O) groups excluding carboxylic acids is 1. The van der Waals surface area contributed by atoms with Crippen molar-refractivity contribution < 1.29 is 14.7 Å². The Bertz CT molecular complexity index is 602. The maximum absolute atomic E-state index is 10.9. The molecule has 3 N–H and O–H groups in total. The number of urea groups is 1. The minimum Gasteiger partial charge on any atom is -0.431 e. The number of hydrogen-bond donors (Lipinski definition) is 2. The number of halogens is 1. The Morgan fingerprint density at radius 2 is 2.15 bits per heavy atom. The highest BCUT2D eigenvalue weighted by atomic mass is 35.5. The molecule has 0 aliphatic rings. The Balaban J connectivity index is 2.09. The molecular formula is C12H12ClN3O3S. The van der Waals surface area contributed by atoms with Crippen LogP contribution in [0.1, 0.15) is 18.7 Å². The molecule has 0 radical (unpaired) electrons. The monoisotopic (exact) mass is 313 g/mol. The molecule has 0 aliphatic carbocycles. The quantitative estimate of drug-likeness (QED) is 0.668. The van der Waals surface area contributed by atoms with Crippen molar-refractivity contribution in [3.05, 3.63) is 40.4 Å². The van der Waals surface area contributed by atoms with Crippen LogP contribution in [0.5, 0.6) is 10.9 Å². The third-order valence-electron chi connectivity index (χ3n) is 2.54. The molecule has 20 heavy (non-hydrogen) atoms. The second kappa shape index (κ2) is 6.08. The van der Waals surface area contributed by atoms with Gasteiger partial charge in [0.25, 0.3) is 5.19 Å². The van der Waals surface area contributed by atoms with Gasteiger partial charge >= 0.3 is 6.03 Å². The molecule has 0 spiro atoms. The number of primary amides is 1. The van der Waals surface area contributed by atoms with Crippen LogP contribution in [-0.4, -0.2) is 21.3 Å². The second-order valence-electron chi connectivity index (χ2n) is 3.95. The van der Waals surface area contributed by atoms with Crippen LogP contribution in [0.3, 0.4) is 0 Å². The molecule has 1 aromatic carbocycles. The van der Waals surface area contributed by atoms with E-state index in [-0.39, 0.29) is 0 Å². The molecule has 0 fully saturated rings. The van der Waals surface area contributed by atoms with E-state index in [0.29, 0.717) is 26.7 Å². The van der Waals surface area contributed by atoms with Gasteiger partial charge in [0.05, 0.1) is 5.69 Å². The molecule has 2 amide bonds. The van der Waals surface area contributed by atoms with Gasteiger partial charge in [0.2, 0.25) is 0 Å². The van der Waals surface area contributed by atoms with E-state index >= 15 is 0 Å². The first-order chi connectivity index (χ1) is 9.47. The number of hydrogen-bond acceptors (Lipinski definition) is 5. The standard InChI is InChI=1S/C12H12ClN3O3S/c1-7(16(18)11(14)17)10-6-20-12(15-10)19-9-4-2-8(13)3-5-9/h2-7,18H,1H3,(H2,14,17). The highest BCUT2D eigenvalue weighted by Crippen LogP contribution is 2.29. The fourth-order valence-corrected chi connectivity index (χ4v) is 2.33. The van der Waals surface area contributed by atoms with Crippen LogP contribution in [0.2, 0.25) is 5.02 Å². The van der Waals surface area contributed by atoms with Crippen LogP contribution < -0.4 is 10.5 Å². The van der Waals surface area contributed by atoms with Crippen molar-refractivity contribution in [2.45, 2.75) is 13.0 Å². The predicted molar refractivity (Wildman–Crippen MR) is 75.3 cm³/mol. The molecule has 0 bridgehead atoms. The molecule has 106 valence electrons. The summed E-state index contributed by atoms with van der Waals surface area (Å²) < 4.78 is 5.54. The zero-order chi connectivity index (χ0) is 14.7. The molecule has 8 heteroatoms. The van der Waals surface area contributed by atoms with Crippen LogP contribution in [0.4, 0.5) is 4.79 Å². The number of benzene rings is 1. The van der Waals surface area contributed by atoms with E-state index in [2.05, 4.69) is 4.98 Å². The molecule has 2 rings (SSSR count). The van der Waals surface area contributed by atoms with E-state index in [1.54, 1.807) is 36.6 Å². The van der Waals surface area contributed by atoms with Crippen molar-refractivity contribution in [2.75, 3.05) is 0 Å². The Labute approximate surface area is 124 Å². The summed E-state index contributed by atoms with van der Waals surface area (Å²) in [7, 11) is 0. The number of ether oxygens (including phenoxy) is 1. The van der Waals surface area contributed by atoms with Gasteiger partial charge in [0.15, 0.2) is 0 Å². The van der Waals surface area contributed by atoms with Crippen LogP contribution >= 0.6 is 22.9 Å². The normalized spacial score (nSPS) is 11.9. The Kier molecular flexibility index (Phi) is 4.43. The van der Waals surface area contributed by atoms with Crippen molar-refractivity contribution in [2.24, 2.45) is 5.73 Å². The summed E-state index contributed by atoms with van der Waals surface area (Å²) in [5.74, 6) is 0.596. The highest BCUT2D eigenvalue weighted by Gasteiger charge is 2.20. The fourth-order valence-electron chi connectivity index (χ4n) is 1.43. The summed E-state index contributed by atoms with van der Waals surface area (Å²) in [5.41, 5.74) is 5.47. The van der Waals surface area contributed by atoms with Crippen molar-refractivity contribution in [3.63, 3.8) is 0 Å². The molecule has 1 atom stereocenters. The summed E-state index contributed by atoms with van der Waals surface area (Å²) in [6.45, 7) is 1.60. The molecule has 0 aliphatic heterocycles. The lowest BCUT2D eigenvalue weighted by molar-refractivity contribution is -0.0720. The number of hydroxylamine groups is 2. The van der Waals surface area contributed by atoms with Gasteiger partial charge in [-0.05, 0) is 31.2 Å². The van der Waals surface area contributed by atoms with Crippen LogP contribution in [0, 0.1) is 0 Å². The zero-order valence-electron chi connectivity index (χ0n) is 10.5. The zero-order valence-corrected chi connectivity index (χ0v) is 12.1. The van der Waals surface area contributed by atoms with Gasteiger partial charge in [-0.2, -0.15) is 5.06 Å². The van der Waals surface area contributed by atoms with Gasteiger partial charge in [-0.15, -0.1) is 0 Å². The topological polar surface area (TPSA) is 88.7 Å². The van der Waals surface area contributed by atoms with Gasteiger partial charge in [-0.3, -0.25) is 5.21 Å². The van der Waals surface area contributed by atoms with Gasteiger partial charge in [-0.1, -0.05) is 22.9 Å². The maximum atomic E-state index is 10.9. The summed E-state index contributed by atoms with van der Waals surface area (Å²) in [6.07, 6.45) is 0. The van der Waals surface area contributed by atoms with Crippen molar-refractivity contribution in [3.8, 4) is 10.9 Å². The molecule has 1 aromatic heterocycles. The first-order valence-corrected chi connectivity index (χ1v) is 6.89. The maximum Gasteiger partial charge on any atom is 0.339 e. The fraction of sp³-hybridized carbons (Fsp3) is 0.167. The smallest absolute Gasteiger partial charge is 0.339 e.